The number of hydrogen-bond donors (Lipinski definition) is 3. The van der Waals surface area contributed by atoms with E-state index in [1.165, 1.54) is 19.1 Å². The van der Waals surface area contributed by atoms with Crippen molar-refractivity contribution < 1.29 is 13.2 Å². The highest BCUT2D eigenvalue weighted by atomic mass is 32.2. The predicted molar refractivity (Wildman–Crippen MR) is 86.6 cm³/mol. The molecule has 116 valence electrons. The van der Waals surface area contributed by atoms with E-state index in [4.69, 9.17) is 12.2 Å². The Kier molecular flexibility index (Phi) is 5.43. The van der Waals surface area contributed by atoms with Crippen molar-refractivity contribution in [3.05, 3.63) is 24.3 Å². The SMILES string of the molecule is CC(=O)NC(=S)Nc1ccc(S(=O)(=O)NC(C)(C)C)cc1. The predicted octanol–water partition coefficient (Wildman–Crippen LogP) is 1.60. The molecule has 0 aliphatic heterocycles. The Labute approximate surface area is 130 Å². The largest absolute Gasteiger partial charge is 0.332 e. The van der Waals surface area contributed by atoms with Crippen LogP contribution in [-0.2, 0) is 14.8 Å². The van der Waals surface area contributed by atoms with E-state index in [0.717, 1.165) is 0 Å². The molecule has 0 heterocycles. The highest BCUT2D eigenvalue weighted by molar-refractivity contribution is 7.89. The van der Waals surface area contributed by atoms with Crippen LogP contribution in [0.2, 0.25) is 0 Å². The van der Waals surface area contributed by atoms with Gasteiger partial charge in [0, 0.05) is 18.2 Å². The molecule has 0 spiro atoms. The monoisotopic (exact) mass is 329 g/mol. The molecule has 0 aliphatic rings. The number of carbonyl (C=O) groups excluding carboxylic acids is 1. The number of rotatable bonds is 3. The fourth-order valence-corrected chi connectivity index (χ4v) is 3.18. The van der Waals surface area contributed by atoms with E-state index in [2.05, 4.69) is 15.4 Å². The van der Waals surface area contributed by atoms with E-state index in [1.54, 1.807) is 32.9 Å². The van der Waals surface area contributed by atoms with Gasteiger partial charge in [-0.2, -0.15) is 0 Å². The number of benzene rings is 1. The van der Waals surface area contributed by atoms with E-state index in [0.29, 0.717) is 5.69 Å². The molecule has 0 aromatic heterocycles. The molecular formula is C13H19N3O3S2. The zero-order chi connectivity index (χ0) is 16.3. The van der Waals surface area contributed by atoms with Gasteiger partial charge in [0.05, 0.1) is 4.90 Å². The van der Waals surface area contributed by atoms with Crippen LogP contribution in [0.5, 0.6) is 0 Å². The van der Waals surface area contributed by atoms with E-state index in [-0.39, 0.29) is 15.9 Å². The van der Waals surface area contributed by atoms with Crippen LogP contribution in [0.1, 0.15) is 27.7 Å². The van der Waals surface area contributed by atoms with Crippen LogP contribution in [0.15, 0.2) is 29.2 Å². The molecule has 21 heavy (non-hydrogen) atoms. The number of anilines is 1. The second kappa shape index (κ2) is 6.50. The summed E-state index contributed by atoms with van der Waals surface area (Å²) in [6, 6.07) is 6.08. The van der Waals surface area contributed by atoms with E-state index in [9.17, 15) is 13.2 Å². The minimum Gasteiger partial charge on any atom is -0.332 e. The molecule has 0 saturated heterocycles. The number of sulfonamides is 1. The van der Waals surface area contributed by atoms with Crippen LogP contribution < -0.4 is 15.4 Å². The van der Waals surface area contributed by atoms with Crippen molar-refractivity contribution in [1.82, 2.24) is 10.0 Å². The van der Waals surface area contributed by atoms with Gasteiger partial charge >= 0.3 is 0 Å². The second-order valence-corrected chi connectivity index (χ2v) is 7.61. The van der Waals surface area contributed by atoms with E-state index >= 15 is 0 Å². The summed E-state index contributed by atoms with van der Waals surface area (Å²) in [7, 11) is -3.56. The molecule has 1 aromatic carbocycles. The summed E-state index contributed by atoms with van der Waals surface area (Å²) in [4.78, 5) is 11.0. The minimum atomic E-state index is -3.56. The molecule has 1 amide bonds. The van der Waals surface area contributed by atoms with Gasteiger partial charge in [-0.3, -0.25) is 4.79 Å². The fraction of sp³-hybridized carbons (Fsp3) is 0.385. The summed E-state index contributed by atoms with van der Waals surface area (Å²) in [5, 5.41) is 5.36. The zero-order valence-electron chi connectivity index (χ0n) is 12.4. The Bertz CT molecular complexity index is 632. The Hall–Kier alpha value is -1.51. The maximum absolute atomic E-state index is 12.1. The zero-order valence-corrected chi connectivity index (χ0v) is 14.0. The number of hydrogen-bond acceptors (Lipinski definition) is 4. The van der Waals surface area contributed by atoms with E-state index < -0.39 is 15.6 Å². The van der Waals surface area contributed by atoms with Crippen molar-refractivity contribution >= 4 is 38.9 Å². The first-order valence-electron chi connectivity index (χ1n) is 6.22. The molecule has 0 saturated carbocycles. The summed E-state index contributed by atoms with van der Waals surface area (Å²) >= 11 is 4.92. The first-order chi connectivity index (χ1) is 9.49. The molecule has 1 rings (SSSR count). The van der Waals surface area contributed by atoms with Gasteiger partial charge in [-0.15, -0.1) is 0 Å². The lowest BCUT2D eigenvalue weighted by Gasteiger charge is -2.20. The van der Waals surface area contributed by atoms with Crippen LogP contribution in [-0.4, -0.2) is 25.0 Å². The number of thiocarbonyl (C=S) groups is 1. The quantitative estimate of drug-likeness (QED) is 0.733. The van der Waals surface area contributed by atoms with Gasteiger partial charge in [0.15, 0.2) is 5.11 Å². The van der Waals surface area contributed by atoms with Gasteiger partial charge in [-0.05, 0) is 57.3 Å². The van der Waals surface area contributed by atoms with Gasteiger partial charge in [0.25, 0.3) is 0 Å². The molecule has 8 heteroatoms. The third-order valence-corrected chi connectivity index (χ3v) is 4.13. The van der Waals surface area contributed by atoms with Crippen LogP contribution in [0.3, 0.4) is 0 Å². The molecule has 0 bridgehead atoms. The Morgan fingerprint density at radius 1 is 1.14 bits per heavy atom. The molecule has 0 radical (unpaired) electrons. The summed E-state index contributed by atoms with van der Waals surface area (Å²) < 4.78 is 26.8. The third-order valence-electron chi connectivity index (χ3n) is 2.15. The lowest BCUT2D eigenvalue weighted by atomic mass is 10.1. The van der Waals surface area contributed by atoms with Crippen LogP contribution in [0, 0.1) is 0 Å². The summed E-state index contributed by atoms with van der Waals surface area (Å²) in [6.45, 7) is 6.66. The number of amides is 1. The molecule has 0 fully saturated rings. The van der Waals surface area contributed by atoms with Gasteiger partial charge in [-0.25, -0.2) is 13.1 Å². The summed E-state index contributed by atoms with van der Waals surface area (Å²) in [5.74, 6) is -0.277. The highest BCUT2D eigenvalue weighted by Crippen LogP contribution is 2.16. The number of nitrogens with one attached hydrogen (secondary N) is 3. The lowest BCUT2D eigenvalue weighted by Crippen LogP contribution is -2.40. The minimum absolute atomic E-state index is 0.158. The third kappa shape index (κ3) is 6.19. The molecule has 6 nitrogen and oxygen atoms in total. The normalized spacial score (nSPS) is 11.8. The first kappa shape index (κ1) is 17.5. The molecule has 0 atom stereocenters. The average Bonchev–Trinajstić information content (AvgIpc) is 2.24. The molecule has 0 unspecified atom stereocenters. The van der Waals surface area contributed by atoms with Crippen molar-refractivity contribution in [2.45, 2.75) is 38.1 Å². The van der Waals surface area contributed by atoms with Crippen molar-refractivity contribution in [2.75, 3.05) is 5.32 Å². The Morgan fingerprint density at radius 3 is 2.10 bits per heavy atom. The Balaban J connectivity index is 2.83. The Morgan fingerprint density at radius 2 is 1.67 bits per heavy atom. The molecule has 1 aromatic rings. The van der Waals surface area contributed by atoms with Crippen molar-refractivity contribution in [1.29, 1.82) is 0 Å². The molecule has 3 N–H and O–H groups in total. The van der Waals surface area contributed by atoms with Crippen molar-refractivity contribution in [3.63, 3.8) is 0 Å². The average molecular weight is 329 g/mol. The lowest BCUT2D eigenvalue weighted by molar-refractivity contribution is -0.117. The molecule has 0 aliphatic carbocycles. The number of carbonyl (C=O) groups is 1. The smallest absolute Gasteiger partial charge is 0.241 e. The van der Waals surface area contributed by atoms with Gasteiger partial charge < -0.3 is 10.6 Å². The highest BCUT2D eigenvalue weighted by Gasteiger charge is 2.21. The summed E-state index contributed by atoms with van der Waals surface area (Å²) in [6.07, 6.45) is 0. The topological polar surface area (TPSA) is 87.3 Å². The van der Waals surface area contributed by atoms with Gasteiger partial charge in [0.1, 0.15) is 0 Å². The van der Waals surface area contributed by atoms with Crippen molar-refractivity contribution in [2.24, 2.45) is 0 Å². The standard InChI is InChI=1S/C13H19N3O3S2/c1-9(17)14-12(20)15-10-5-7-11(8-6-10)21(18,19)16-13(2,3)4/h5-8,16H,1-4H3,(H2,14,15,17,20). The second-order valence-electron chi connectivity index (χ2n) is 5.52. The van der Waals surface area contributed by atoms with Gasteiger partial charge in [0.2, 0.25) is 15.9 Å². The van der Waals surface area contributed by atoms with E-state index in [1.807, 2.05) is 0 Å². The fourth-order valence-electron chi connectivity index (χ4n) is 1.50. The maximum atomic E-state index is 12.1. The van der Waals surface area contributed by atoms with Crippen molar-refractivity contribution in [3.8, 4) is 0 Å². The first-order valence-corrected chi connectivity index (χ1v) is 8.11. The molecular weight excluding hydrogens is 310 g/mol. The summed E-state index contributed by atoms with van der Waals surface area (Å²) in [5.41, 5.74) is 0.0337. The van der Waals surface area contributed by atoms with Crippen LogP contribution in [0.25, 0.3) is 0 Å². The maximum Gasteiger partial charge on any atom is 0.241 e. The van der Waals surface area contributed by atoms with Crippen LogP contribution in [0.4, 0.5) is 5.69 Å². The van der Waals surface area contributed by atoms with Crippen LogP contribution >= 0.6 is 12.2 Å². The van der Waals surface area contributed by atoms with Gasteiger partial charge in [-0.1, -0.05) is 0 Å².